The van der Waals surface area contributed by atoms with Gasteiger partial charge in [0.2, 0.25) is 0 Å². The molecule has 3 aromatic rings. The van der Waals surface area contributed by atoms with Gasteiger partial charge in [-0.1, -0.05) is 6.07 Å². The van der Waals surface area contributed by atoms with Gasteiger partial charge in [-0.3, -0.25) is 9.89 Å². The minimum Gasteiger partial charge on any atom is -0.366 e. The van der Waals surface area contributed by atoms with Crippen molar-refractivity contribution in [2.24, 2.45) is 5.73 Å². The minimum atomic E-state index is -0.523. The molecule has 0 fully saturated rings. The first-order valence-electron chi connectivity index (χ1n) is 4.91. The number of aromatic nitrogens is 3. The molecule has 2 heterocycles. The lowest BCUT2D eigenvalue weighted by molar-refractivity contribution is 0.100. The van der Waals surface area contributed by atoms with Gasteiger partial charge in [-0.05, 0) is 12.1 Å². The number of carbonyl (C=O) groups is 1. The van der Waals surface area contributed by atoms with Crippen LogP contribution in [0.25, 0.3) is 16.7 Å². The molecular weight excluding hydrogens is 218 g/mol. The Morgan fingerprint density at radius 1 is 1.53 bits per heavy atom. The van der Waals surface area contributed by atoms with Crippen LogP contribution in [0.15, 0.2) is 24.4 Å². The molecule has 0 spiro atoms. The van der Waals surface area contributed by atoms with Gasteiger partial charge in [-0.2, -0.15) is 5.26 Å². The number of aromatic amines is 1. The first kappa shape index (κ1) is 9.42. The van der Waals surface area contributed by atoms with E-state index in [1.807, 2.05) is 6.07 Å². The van der Waals surface area contributed by atoms with Gasteiger partial charge in [0, 0.05) is 6.20 Å². The van der Waals surface area contributed by atoms with Gasteiger partial charge in [0.25, 0.3) is 5.91 Å². The molecule has 0 aliphatic carbocycles. The molecule has 0 saturated heterocycles. The normalized spacial score (nSPS) is 10.8. The first-order chi connectivity index (χ1) is 8.22. The van der Waals surface area contributed by atoms with E-state index in [4.69, 9.17) is 11.0 Å². The summed E-state index contributed by atoms with van der Waals surface area (Å²) in [6.45, 7) is 0. The maximum Gasteiger partial charge on any atom is 0.250 e. The van der Waals surface area contributed by atoms with Crippen LogP contribution in [0.2, 0.25) is 0 Å². The third-order valence-electron chi connectivity index (χ3n) is 2.64. The molecule has 0 aliphatic rings. The summed E-state index contributed by atoms with van der Waals surface area (Å²) in [6.07, 6.45) is 1.54. The molecule has 0 saturated carbocycles. The molecule has 6 nitrogen and oxygen atoms in total. The standard InChI is InChI=1S/C11H7N5O/c12-4-6-5-14-16-9-7(10(13)17)2-1-3-8(9)15-11(6)16/h1-3,5,14H,(H2,13,17). The predicted octanol–water partition coefficient (Wildman–Crippen LogP) is 0.786. The van der Waals surface area contributed by atoms with E-state index >= 15 is 0 Å². The minimum absolute atomic E-state index is 0.376. The number of fused-ring (bicyclic) bond motifs is 3. The number of imidazole rings is 1. The second kappa shape index (κ2) is 3.09. The van der Waals surface area contributed by atoms with E-state index in [1.165, 1.54) is 0 Å². The summed E-state index contributed by atoms with van der Waals surface area (Å²) >= 11 is 0. The molecule has 3 N–H and O–H groups in total. The molecule has 6 heteroatoms. The average Bonchev–Trinajstić information content (AvgIpc) is 2.85. The highest BCUT2D eigenvalue weighted by Gasteiger charge is 2.15. The summed E-state index contributed by atoms with van der Waals surface area (Å²) in [6, 6.07) is 7.14. The van der Waals surface area contributed by atoms with Crippen LogP contribution in [0, 0.1) is 11.3 Å². The topological polar surface area (TPSA) is 100.0 Å². The Bertz CT molecular complexity index is 789. The van der Waals surface area contributed by atoms with Crippen molar-refractivity contribution in [2.45, 2.75) is 0 Å². The van der Waals surface area contributed by atoms with Crippen molar-refractivity contribution in [2.75, 3.05) is 0 Å². The van der Waals surface area contributed by atoms with Crippen LogP contribution in [0.1, 0.15) is 15.9 Å². The average molecular weight is 225 g/mol. The number of hydrogen-bond acceptors (Lipinski definition) is 3. The zero-order valence-corrected chi connectivity index (χ0v) is 8.64. The summed E-state index contributed by atoms with van der Waals surface area (Å²) in [4.78, 5) is 15.6. The van der Waals surface area contributed by atoms with Gasteiger partial charge < -0.3 is 5.73 Å². The van der Waals surface area contributed by atoms with Gasteiger partial charge in [-0.25, -0.2) is 9.50 Å². The van der Waals surface area contributed by atoms with Crippen molar-refractivity contribution in [3.05, 3.63) is 35.5 Å². The number of nitrogens with zero attached hydrogens (tertiary/aromatic N) is 3. The third kappa shape index (κ3) is 1.13. The van der Waals surface area contributed by atoms with Crippen molar-refractivity contribution in [3.63, 3.8) is 0 Å². The number of rotatable bonds is 1. The highest BCUT2D eigenvalue weighted by Crippen LogP contribution is 2.21. The van der Waals surface area contributed by atoms with Crippen LogP contribution < -0.4 is 5.73 Å². The Morgan fingerprint density at radius 3 is 3.06 bits per heavy atom. The van der Waals surface area contributed by atoms with E-state index in [0.717, 1.165) is 0 Å². The van der Waals surface area contributed by atoms with Crippen LogP contribution in [0.5, 0.6) is 0 Å². The summed E-state index contributed by atoms with van der Waals surface area (Å²) < 4.78 is 1.59. The number of amides is 1. The Morgan fingerprint density at radius 2 is 2.35 bits per heavy atom. The van der Waals surface area contributed by atoms with E-state index in [0.29, 0.717) is 27.8 Å². The molecule has 1 amide bonds. The second-order valence-corrected chi connectivity index (χ2v) is 3.61. The number of primary amides is 1. The number of H-pyrrole nitrogens is 1. The zero-order chi connectivity index (χ0) is 12.0. The van der Waals surface area contributed by atoms with Gasteiger partial charge in [0.1, 0.15) is 17.1 Å². The van der Waals surface area contributed by atoms with Crippen molar-refractivity contribution in [3.8, 4) is 6.07 Å². The highest BCUT2D eigenvalue weighted by molar-refractivity contribution is 6.05. The van der Waals surface area contributed by atoms with E-state index in [-0.39, 0.29) is 0 Å². The number of benzene rings is 1. The molecule has 0 aliphatic heterocycles. The number of hydrogen-bond donors (Lipinski definition) is 2. The van der Waals surface area contributed by atoms with Crippen LogP contribution in [-0.2, 0) is 0 Å². The van der Waals surface area contributed by atoms with Crippen LogP contribution in [-0.4, -0.2) is 20.5 Å². The summed E-state index contributed by atoms with van der Waals surface area (Å²) in [5.41, 5.74) is 7.83. The largest absolute Gasteiger partial charge is 0.366 e. The van der Waals surface area contributed by atoms with Crippen LogP contribution in [0.4, 0.5) is 0 Å². The predicted molar refractivity (Wildman–Crippen MR) is 60.3 cm³/mol. The number of para-hydroxylation sites is 1. The van der Waals surface area contributed by atoms with Gasteiger partial charge in [0.05, 0.1) is 11.1 Å². The lowest BCUT2D eigenvalue weighted by Crippen LogP contribution is -2.12. The van der Waals surface area contributed by atoms with Crippen molar-refractivity contribution in [1.82, 2.24) is 14.6 Å². The van der Waals surface area contributed by atoms with E-state index in [9.17, 15) is 4.79 Å². The lowest BCUT2D eigenvalue weighted by Gasteiger charge is -1.97. The fourth-order valence-electron chi connectivity index (χ4n) is 1.91. The number of nitriles is 1. The summed E-state index contributed by atoms with van der Waals surface area (Å²) in [5.74, 6) is -0.523. The fraction of sp³-hybridized carbons (Fsp3) is 0. The molecular formula is C11H7N5O. The molecule has 2 aromatic heterocycles. The van der Waals surface area contributed by atoms with Crippen molar-refractivity contribution >= 4 is 22.6 Å². The van der Waals surface area contributed by atoms with Gasteiger partial charge in [0.15, 0.2) is 5.65 Å². The van der Waals surface area contributed by atoms with Crippen LogP contribution in [0.3, 0.4) is 0 Å². The summed E-state index contributed by atoms with van der Waals surface area (Å²) in [5, 5.41) is 11.8. The first-order valence-corrected chi connectivity index (χ1v) is 4.91. The maximum absolute atomic E-state index is 11.3. The second-order valence-electron chi connectivity index (χ2n) is 3.61. The Hall–Kier alpha value is -2.81. The number of carbonyl (C=O) groups excluding carboxylic acids is 1. The van der Waals surface area contributed by atoms with E-state index in [2.05, 4.69) is 10.1 Å². The fourth-order valence-corrected chi connectivity index (χ4v) is 1.91. The maximum atomic E-state index is 11.3. The van der Waals surface area contributed by atoms with Crippen LogP contribution >= 0.6 is 0 Å². The molecule has 0 bridgehead atoms. The highest BCUT2D eigenvalue weighted by atomic mass is 16.1. The van der Waals surface area contributed by atoms with Crippen molar-refractivity contribution < 1.29 is 4.79 Å². The molecule has 0 unspecified atom stereocenters. The molecule has 82 valence electrons. The van der Waals surface area contributed by atoms with Gasteiger partial charge >= 0.3 is 0 Å². The smallest absolute Gasteiger partial charge is 0.250 e. The van der Waals surface area contributed by atoms with Crippen molar-refractivity contribution in [1.29, 1.82) is 5.26 Å². The lowest BCUT2D eigenvalue weighted by atomic mass is 10.2. The molecule has 3 rings (SSSR count). The van der Waals surface area contributed by atoms with Gasteiger partial charge in [-0.15, -0.1) is 0 Å². The monoisotopic (exact) mass is 225 g/mol. The molecule has 0 radical (unpaired) electrons. The van der Waals surface area contributed by atoms with E-state index in [1.54, 1.807) is 28.9 Å². The quantitative estimate of drug-likeness (QED) is 0.640. The Labute approximate surface area is 95.3 Å². The Kier molecular flexibility index (Phi) is 1.71. The summed E-state index contributed by atoms with van der Waals surface area (Å²) in [7, 11) is 0. The number of nitrogens with two attached hydrogens (primary N) is 1. The number of nitrogens with one attached hydrogen (secondary N) is 1. The van der Waals surface area contributed by atoms with E-state index < -0.39 is 5.91 Å². The Balaban J connectivity index is 2.55. The molecule has 17 heavy (non-hydrogen) atoms. The molecule has 1 aromatic carbocycles. The third-order valence-corrected chi connectivity index (χ3v) is 2.64. The molecule has 0 atom stereocenters. The zero-order valence-electron chi connectivity index (χ0n) is 8.64. The SMILES string of the molecule is N#Cc1c[nH]n2c1nc1cccc(C(N)=O)c12.